The number of carbonyl (C=O) groups excluding carboxylic acids is 1. The van der Waals surface area contributed by atoms with Gasteiger partial charge in [0.1, 0.15) is 0 Å². The van der Waals surface area contributed by atoms with Crippen LogP contribution in [0.15, 0.2) is 0 Å². The predicted molar refractivity (Wildman–Crippen MR) is 88.0 cm³/mol. The van der Waals surface area contributed by atoms with Gasteiger partial charge in [-0.05, 0) is 59.2 Å². The summed E-state index contributed by atoms with van der Waals surface area (Å²) in [7, 11) is 0. The van der Waals surface area contributed by atoms with Crippen LogP contribution in [0.1, 0.15) is 39.5 Å². The number of nitrogens with one attached hydrogen (secondary N) is 2. The summed E-state index contributed by atoms with van der Waals surface area (Å²) in [6.45, 7) is 8.63. The molecule has 2 N–H and O–H groups in total. The second-order valence-electron chi connectivity index (χ2n) is 5.96. The fraction of sp³-hybridized carbons (Fsp3) is 0.929. The summed E-state index contributed by atoms with van der Waals surface area (Å²) in [5.41, 5.74) is 0. The largest absolute Gasteiger partial charge is 0.352 e. The minimum absolute atomic E-state index is 0. The van der Waals surface area contributed by atoms with Crippen LogP contribution in [0.2, 0.25) is 0 Å². The fourth-order valence-corrected chi connectivity index (χ4v) is 2.97. The van der Waals surface area contributed by atoms with Crippen molar-refractivity contribution in [3.8, 4) is 0 Å². The number of likely N-dealkylation sites (tertiary alicyclic amines) is 1. The Hall–Kier alpha value is -0.0300. The van der Waals surface area contributed by atoms with E-state index in [1.165, 1.54) is 6.42 Å². The summed E-state index contributed by atoms with van der Waals surface area (Å²) < 4.78 is 0. The molecule has 0 bridgehead atoms. The van der Waals surface area contributed by atoms with Crippen LogP contribution in [0, 0.1) is 5.92 Å². The van der Waals surface area contributed by atoms with Gasteiger partial charge in [0.2, 0.25) is 5.91 Å². The van der Waals surface area contributed by atoms with Gasteiger partial charge in [-0.25, -0.2) is 0 Å². The van der Waals surface area contributed by atoms with Crippen LogP contribution in [0.5, 0.6) is 0 Å². The van der Waals surface area contributed by atoms with Crippen molar-refractivity contribution < 1.29 is 4.79 Å². The van der Waals surface area contributed by atoms with E-state index < -0.39 is 0 Å². The number of hydrogen-bond acceptors (Lipinski definition) is 3. The van der Waals surface area contributed by atoms with Crippen LogP contribution < -0.4 is 10.6 Å². The minimum Gasteiger partial charge on any atom is -0.352 e. The Bertz CT molecular complexity index is 276. The predicted octanol–water partition coefficient (Wildman–Crippen LogP) is 1.82. The molecule has 2 heterocycles. The van der Waals surface area contributed by atoms with Crippen molar-refractivity contribution in [2.75, 3.05) is 26.2 Å². The van der Waals surface area contributed by atoms with Gasteiger partial charge in [0.05, 0.1) is 0 Å². The Labute approximate surface area is 135 Å². The second-order valence-corrected chi connectivity index (χ2v) is 5.96. The van der Waals surface area contributed by atoms with E-state index >= 15 is 0 Å². The summed E-state index contributed by atoms with van der Waals surface area (Å²) in [5.74, 6) is 0.522. The molecule has 0 aliphatic carbocycles. The zero-order chi connectivity index (χ0) is 13.0. The van der Waals surface area contributed by atoms with Gasteiger partial charge in [0.25, 0.3) is 0 Å². The van der Waals surface area contributed by atoms with Crippen molar-refractivity contribution in [1.82, 2.24) is 15.5 Å². The van der Waals surface area contributed by atoms with Gasteiger partial charge in [-0.2, -0.15) is 0 Å². The Morgan fingerprint density at radius 2 is 1.85 bits per heavy atom. The van der Waals surface area contributed by atoms with Crippen LogP contribution in [0.4, 0.5) is 0 Å². The number of hydrogen-bond donors (Lipinski definition) is 2. The Morgan fingerprint density at radius 3 is 2.35 bits per heavy atom. The second kappa shape index (κ2) is 9.82. The lowest BCUT2D eigenvalue weighted by molar-refractivity contribution is -0.127. The smallest absolute Gasteiger partial charge is 0.223 e. The zero-order valence-electron chi connectivity index (χ0n) is 12.6. The zero-order valence-corrected chi connectivity index (χ0v) is 14.2. The van der Waals surface area contributed by atoms with E-state index in [4.69, 9.17) is 0 Å². The molecule has 2 saturated heterocycles. The lowest BCUT2D eigenvalue weighted by Gasteiger charge is -2.35. The standard InChI is InChI=1S/C14H27N3O.2ClH/c1-11(2)17-8-5-12(6-9-17)14(18)16-13-4-3-7-15-10-13;;/h11-13,15H,3-10H2,1-2H3,(H,16,18);2*1H/t13-;;/m0../s1. The molecule has 20 heavy (non-hydrogen) atoms. The number of rotatable bonds is 3. The molecule has 2 fully saturated rings. The monoisotopic (exact) mass is 325 g/mol. The van der Waals surface area contributed by atoms with E-state index in [0.29, 0.717) is 12.1 Å². The lowest BCUT2D eigenvalue weighted by Crippen LogP contribution is -2.49. The number of halogens is 2. The first-order valence-corrected chi connectivity index (χ1v) is 7.42. The Kier molecular flexibility index (Phi) is 9.81. The summed E-state index contributed by atoms with van der Waals surface area (Å²) in [4.78, 5) is 14.6. The van der Waals surface area contributed by atoms with Crippen molar-refractivity contribution in [3.63, 3.8) is 0 Å². The fourth-order valence-electron chi connectivity index (χ4n) is 2.97. The van der Waals surface area contributed by atoms with Crippen molar-refractivity contribution in [3.05, 3.63) is 0 Å². The molecule has 0 radical (unpaired) electrons. The Morgan fingerprint density at radius 1 is 1.20 bits per heavy atom. The van der Waals surface area contributed by atoms with E-state index in [0.717, 1.165) is 45.4 Å². The van der Waals surface area contributed by atoms with Gasteiger partial charge in [-0.15, -0.1) is 24.8 Å². The summed E-state index contributed by atoms with van der Waals surface area (Å²) in [6.07, 6.45) is 4.34. The van der Waals surface area contributed by atoms with E-state index in [1.807, 2.05) is 0 Å². The number of amides is 1. The van der Waals surface area contributed by atoms with Crippen LogP contribution in [0.3, 0.4) is 0 Å². The van der Waals surface area contributed by atoms with Crippen molar-refractivity contribution >= 4 is 30.7 Å². The molecule has 0 spiro atoms. The highest BCUT2D eigenvalue weighted by Gasteiger charge is 2.27. The van der Waals surface area contributed by atoms with E-state index in [9.17, 15) is 4.79 Å². The van der Waals surface area contributed by atoms with Gasteiger partial charge in [-0.3, -0.25) is 4.79 Å². The molecule has 0 aromatic heterocycles. The molecular weight excluding hydrogens is 297 g/mol. The highest BCUT2D eigenvalue weighted by Crippen LogP contribution is 2.19. The molecule has 2 rings (SSSR count). The van der Waals surface area contributed by atoms with Gasteiger partial charge in [0.15, 0.2) is 0 Å². The average Bonchev–Trinajstić information content (AvgIpc) is 2.40. The first-order chi connectivity index (χ1) is 8.66. The van der Waals surface area contributed by atoms with Gasteiger partial charge < -0.3 is 15.5 Å². The summed E-state index contributed by atoms with van der Waals surface area (Å²) in [5, 5.41) is 6.55. The molecule has 1 amide bonds. The van der Waals surface area contributed by atoms with Gasteiger partial charge in [-0.1, -0.05) is 0 Å². The highest BCUT2D eigenvalue weighted by atomic mass is 35.5. The molecule has 0 unspecified atom stereocenters. The third-order valence-electron chi connectivity index (χ3n) is 4.27. The van der Waals surface area contributed by atoms with Crippen molar-refractivity contribution in [2.45, 2.75) is 51.6 Å². The SMILES string of the molecule is CC(C)N1CCC(C(=O)N[C@H]2CCCNC2)CC1.Cl.Cl. The molecule has 0 saturated carbocycles. The van der Waals surface area contributed by atoms with E-state index in [-0.39, 0.29) is 36.6 Å². The molecule has 0 aromatic rings. The summed E-state index contributed by atoms with van der Waals surface area (Å²) >= 11 is 0. The van der Waals surface area contributed by atoms with Crippen LogP contribution in [-0.4, -0.2) is 49.1 Å². The maximum atomic E-state index is 12.2. The normalized spacial score (nSPS) is 24.6. The molecule has 120 valence electrons. The summed E-state index contributed by atoms with van der Waals surface area (Å²) in [6, 6.07) is 0.964. The first-order valence-electron chi connectivity index (χ1n) is 7.42. The number of piperidine rings is 2. The van der Waals surface area contributed by atoms with Gasteiger partial charge in [0, 0.05) is 24.5 Å². The average molecular weight is 326 g/mol. The van der Waals surface area contributed by atoms with E-state index in [2.05, 4.69) is 29.4 Å². The maximum absolute atomic E-state index is 12.2. The van der Waals surface area contributed by atoms with Crippen LogP contribution >= 0.6 is 24.8 Å². The molecule has 6 heteroatoms. The highest BCUT2D eigenvalue weighted by molar-refractivity contribution is 5.85. The molecule has 2 aliphatic heterocycles. The van der Waals surface area contributed by atoms with E-state index in [1.54, 1.807) is 0 Å². The third kappa shape index (κ3) is 5.76. The molecule has 0 aromatic carbocycles. The Balaban J connectivity index is 0.00000180. The topological polar surface area (TPSA) is 44.4 Å². The number of carbonyl (C=O) groups is 1. The van der Waals surface area contributed by atoms with Gasteiger partial charge >= 0.3 is 0 Å². The van der Waals surface area contributed by atoms with Crippen molar-refractivity contribution in [1.29, 1.82) is 0 Å². The lowest BCUT2D eigenvalue weighted by atomic mass is 9.94. The first kappa shape index (κ1) is 20.0. The maximum Gasteiger partial charge on any atom is 0.223 e. The minimum atomic E-state index is 0. The molecule has 4 nitrogen and oxygen atoms in total. The molecule has 1 atom stereocenters. The van der Waals surface area contributed by atoms with Crippen molar-refractivity contribution in [2.24, 2.45) is 5.92 Å². The third-order valence-corrected chi connectivity index (χ3v) is 4.27. The molecular formula is C14H29Cl2N3O. The van der Waals surface area contributed by atoms with Crippen LogP contribution in [-0.2, 0) is 4.79 Å². The molecule has 2 aliphatic rings. The number of nitrogens with zero attached hydrogens (tertiary/aromatic N) is 1. The quantitative estimate of drug-likeness (QED) is 0.831. The van der Waals surface area contributed by atoms with Crippen LogP contribution in [0.25, 0.3) is 0 Å².